The van der Waals surface area contributed by atoms with Crippen LogP contribution in [0.5, 0.6) is 5.75 Å². The Morgan fingerprint density at radius 1 is 1.25 bits per heavy atom. The lowest BCUT2D eigenvalue weighted by Gasteiger charge is -2.10. The highest BCUT2D eigenvalue weighted by Gasteiger charge is 2.02. The molecule has 0 amide bonds. The second-order valence-corrected chi connectivity index (χ2v) is 4.06. The van der Waals surface area contributed by atoms with Gasteiger partial charge in [0.25, 0.3) is 0 Å². The first-order valence-electron chi connectivity index (χ1n) is 5.08. The normalized spacial score (nSPS) is 10.4. The van der Waals surface area contributed by atoms with E-state index < -0.39 is 0 Å². The van der Waals surface area contributed by atoms with Crippen LogP contribution in [-0.2, 0) is 11.3 Å². The van der Waals surface area contributed by atoms with E-state index >= 15 is 0 Å². The van der Waals surface area contributed by atoms with Gasteiger partial charge in [-0.3, -0.25) is 0 Å². The van der Waals surface area contributed by atoms with Crippen molar-refractivity contribution in [2.75, 3.05) is 26.4 Å². The molecule has 90 valence electrons. The summed E-state index contributed by atoms with van der Waals surface area (Å²) in [5.74, 6) is 0.776. The predicted molar refractivity (Wildman–Crippen MR) is 65.4 cm³/mol. The van der Waals surface area contributed by atoms with Gasteiger partial charge in [-0.05, 0) is 18.2 Å². The summed E-state index contributed by atoms with van der Waals surface area (Å²) in [7, 11) is 0. The molecular weight excluding hydrogens is 274 g/mol. The number of rotatable bonds is 7. The SMILES string of the molecule is NCc1cc(Br)ccc1OCCOCCO. The number of benzene rings is 1. The van der Waals surface area contributed by atoms with E-state index in [9.17, 15) is 0 Å². The van der Waals surface area contributed by atoms with Gasteiger partial charge in [0, 0.05) is 16.6 Å². The molecule has 5 heteroatoms. The molecule has 0 saturated carbocycles. The summed E-state index contributed by atoms with van der Waals surface area (Å²) in [6.07, 6.45) is 0. The molecule has 1 aromatic rings. The maximum atomic E-state index is 8.51. The number of ether oxygens (including phenoxy) is 2. The average Bonchev–Trinajstić information content (AvgIpc) is 2.30. The molecule has 16 heavy (non-hydrogen) atoms. The summed E-state index contributed by atoms with van der Waals surface area (Å²) < 4.78 is 11.6. The summed E-state index contributed by atoms with van der Waals surface area (Å²) in [5, 5.41) is 8.51. The van der Waals surface area contributed by atoms with E-state index in [1.165, 1.54) is 0 Å². The zero-order valence-electron chi connectivity index (χ0n) is 8.99. The molecule has 0 aliphatic carbocycles. The lowest BCUT2D eigenvalue weighted by atomic mass is 10.2. The van der Waals surface area contributed by atoms with Gasteiger partial charge in [-0.1, -0.05) is 15.9 Å². The molecule has 0 spiro atoms. The van der Waals surface area contributed by atoms with Crippen LogP contribution < -0.4 is 10.5 Å². The van der Waals surface area contributed by atoms with Gasteiger partial charge < -0.3 is 20.3 Å². The Balaban J connectivity index is 2.41. The molecule has 3 N–H and O–H groups in total. The lowest BCUT2D eigenvalue weighted by molar-refractivity contribution is 0.0703. The molecular formula is C11H16BrNO3. The monoisotopic (exact) mass is 289 g/mol. The summed E-state index contributed by atoms with van der Waals surface area (Å²) in [5.41, 5.74) is 6.56. The quantitative estimate of drug-likeness (QED) is 0.743. The van der Waals surface area contributed by atoms with Crippen LogP contribution in [0.4, 0.5) is 0 Å². The largest absolute Gasteiger partial charge is 0.491 e. The molecule has 0 heterocycles. The third-order valence-corrected chi connectivity index (χ3v) is 2.46. The molecule has 0 fully saturated rings. The van der Waals surface area contributed by atoms with Crippen LogP contribution in [0.3, 0.4) is 0 Å². The maximum Gasteiger partial charge on any atom is 0.123 e. The van der Waals surface area contributed by atoms with E-state index in [-0.39, 0.29) is 6.61 Å². The van der Waals surface area contributed by atoms with Crippen molar-refractivity contribution in [1.82, 2.24) is 0 Å². The molecule has 0 aromatic heterocycles. The summed E-state index contributed by atoms with van der Waals surface area (Å²) in [6.45, 7) is 1.72. The Labute approximate surface area is 103 Å². The van der Waals surface area contributed by atoms with Crippen LogP contribution in [0.2, 0.25) is 0 Å². The number of hydrogen-bond donors (Lipinski definition) is 2. The molecule has 1 aromatic carbocycles. The van der Waals surface area contributed by atoms with Crippen LogP contribution in [0.25, 0.3) is 0 Å². The molecule has 0 atom stereocenters. The van der Waals surface area contributed by atoms with Crippen molar-refractivity contribution < 1.29 is 14.6 Å². The van der Waals surface area contributed by atoms with Crippen molar-refractivity contribution in [2.24, 2.45) is 5.73 Å². The molecule has 0 radical (unpaired) electrons. The minimum Gasteiger partial charge on any atom is -0.491 e. The second-order valence-electron chi connectivity index (χ2n) is 3.14. The van der Waals surface area contributed by atoms with E-state index in [0.717, 1.165) is 15.8 Å². The average molecular weight is 290 g/mol. The highest BCUT2D eigenvalue weighted by atomic mass is 79.9. The first-order valence-corrected chi connectivity index (χ1v) is 5.87. The van der Waals surface area contributed by atoms with Crippen molar-refractivity contribution in [3.05, 3.63) is 28.2 Å². The smallest absolute Gasteiger partial charge is 0.123 e. The number of halogens is 1. The first kappa shape index (κ1) is 13.4. The van der Waals surface area contributed by atoms with Gasteiger partial charge in [-0.25, -0.2) is 0 Å². The van der Waals surface area contributed by atoms with E-state index in [2.05, 4.69) is 15.9 Å². The van der Waals surface area contributed by atoms with Crippen molar-refractivity contribution in [3.63, 3.8) is 0 Å². The van der Waals surface area contributed by atoms with Gasteiger partial charge in [-0.15, -0.1) is 0 Å². The van der Waals surface area contributed by atoms with E-state index in [0.29, 0.717) is 26.4 Å². The van der Waals surface area contributed by atoms with Crippen LogP contribution in [0.15, 0.2) is 22.7 Å². The fraction of sp³-hybridized carbons (Fsp3) is 0.455. The number of aliphatic hydroxyl groups is 1. The van der Waals surface area contributed by atoms with Crippen molar-refractivity contribution in [3.8, 4) is 5.75 Å². The minimum absolute atomic E-state index is 0.0341. The van der Waals surface area contributed by atoms with E-state index in [4.69, 9.17) is 20.3 Å². The van der Waals surface area contributed by atoms with Crippen LogP contribution in [0.1, 0.15) is 5.56 Å². The zero-order chi connectivity index (χ0) is 11.8. The number of nitrogens with two attached hydrogens (primary N) is 1. The summed E-state index contributed by atoms with van der Waals surface area (Å²) in [4.78, 5) is 0. The van der Waals surface area contributed by atoms with Crippen molar-refractivity contribution in [2.45, 2.75) is 6.54 Å². The van der Waals surface area contributed by atoms with Crippen LogP contribution >= 0.6 is 15.9 Å². The first-order chi connectivity index (χ1) is 7.77. The third kappa shape index (κ3) is 4.49. The Morgan fingerprint density at radius 2 is 2.06 bits per heavy atom. The molecule has 1 rings (SSSR count). The van der Waals surface area contributed by atoms with Gasteiger partial charge >= 0.3 is 0 Å². The van der Waals surface area contributed by atoms with Gasteiger partial charge in [0.05, 0.1) is 19.8 Å². The molecule has 0 aliphatic rings. The minimum atomic E-state index is 0.0341. The lowest BCUT2D eigenvalue weighted by Crippen LogP contribution is -2.10. The molecule has 0 saturated heterocycles. The number of aliphatic hydroxyl groups excluding tert-OH is 1. The van der Waals surface area contributed by atoms with Gasteiger partial charge in [-0.2, -0.15) is 0 Å². The fourth-order valence-corrected chi connectivity index (χ4v) is 1.63. The second kappa shape index (κ2) is 7.62. The third-order valence-electron chi connectivity index (χ3n) is 1.96. The van der Waals surface area contributed by atoms with E-state index in [1.807, 2.05) is 18.2 Å². The van der Waals surface area contributed by atoms with Crippen LogP contribution in [0, 0.1) is 0 Å². The van der Waals surface area contributed by atoms with Gasteiger partial charge in [0.15, 0.2) is 0 Å². The maximum absolute atomic E-state index is 8.51. The van der Waals surface area contributed by atoms with Gasteiger partial charge in [0.2, 0.25) is 0 Å². The Kier molecular flexibility index (Phi) is 6.40. The van der Waals surface area contributed by atoms with Crippen molar-refractivity contribution in [1.29, 1.82) is 0 Å². The summed E-state index contributed by atoms with van der Waals surface area (Å²) in [6, 6.07) is 5.71. The summed E-state index contributed by atoms with van der Waals surface area (Å²) >= 11 is 3.38. The Morgan fingerprint density at radius 3 is 2.75 bits per heavy atom. The zero-order valence-corrected chi connectivity index (χ0v) is 10.6. The predicted octanol–water partition coefficient (Wildman–Crippen LogP) is 1.30. The molecule has 4 nitrogen and oxygen atoms in total. The standard InChI is InChI=1S/C11H16BrNO3/c12-10-1-2-11(9(7-10)8-13)16-6-5-15-4-3-14/h1-2,7,14H,3-6,8,13H2. The van der Waals surface area contributed by atoms with E-state index in [1.54, 1.807) is 0 Å². The molecule has 0 unspecified atom stereocenters. The van der Waals surface area contributed by atoms with Crippen LogP contribution in [-0.4, -0.2) is 31.5 Å². The molecule has 0 aliphatic heterocycles. The Bertz CT molecular complexity index is 320. The fourth-order valence-electron chi connectivity index (χ4n) is 1.23. The van der Waals surface area contributed by atoms with Gasteiger partial charge in [0.1, 0.15) is 12.4 Å². The van der Waals surface area contributed by atoms with Crippen molar-refractivity contribution >= 4 is 15.9 Å². The number of hydrogen-bond acceptors (Lipinski definition) is 4. The highest BCUT2D eigenvalue weighted by molar-refractivity contribution is 9.10. The molecule has 0 bridgehead atoms. The Hall–Kier alpha value is -0.620. The highest BCUT2D eigenvalue weighted by Crippen LogP contribution is 2.22. The topological polar surface area (TPSA) is 64.7 Å².